The van der Waals surface area contributed by atoms with Crippen molar-refractivity contribution in [3.63, 3.8) is 0 Å². The van der Waals surface area contributed by atoms with E-state index < -0.39 is 0 Å². The second kappa shape index (κ2) is 5.96. The van der Waals surface area contributed by atoms with Crippen LogP contribution in [0.2, 0.25) is 5.02 Å². The molecule has 1 aliphatic heterocycles. The molecule has 0 spiro atoms. The molecule has 0 fully saturated rings. The molecule has 2 aromatic carbocycles. The molecule has 4 heteroatoms. The van der Waals surface area contributed by atoms with Gasteiger partial charge in [-0.2, -0.15) is 0 Å². The molecule has 0 bridgehead atoms. The Morgan fingerprint density at radius 3 is 2.43 bits per heavy atom. The fourth-order valence-corrected chi connectivity index (χ4v) is 2.58. The number of fused-ring (bicyclic) bond motifs is 1. The van der Waals surface area contributed by atoms with Gasteiger partial charge in [0.05, 0.1) is 13.2 Å². The summed E-state index contributed by atoms with van der Waals surface area (Å²) in [7, 11) is 0. The Morgan fingerprint density at radius 2 is 1.71 bits per heavy atom. The molecule has 1 unspecified atom stereocenters. The van der Waals surface area contributed by atoms with Gasteiger partial charge in [0.25, 0.3) is 0 Å². The largest absolute Gasteiger partial charge is 0.489 e. The summed E-state index contributed by atoms with van der Waals surface area (Å²) in [6.07, 6.45) is 0. The van der Waals surface area contributed by atoms with Crippen molar-refractivity contribution in [2.75, 3.05) is 13.2 Å². The monoisotopic (exact) mass is 303 g/mol. The molecule has 2 N–H and O–H groups in total. The summed E-state index contributed by atoms with van der Waals surface area (Å²) in [4.78, 5) is 0. The Balaban J connectivity index is 1.95. The SMILES string of the molecule is CC1COc2ccc(-c3ccc(CN)c(Cl)c3)cc2OC1. The van der Waals surface area contributed by atoms with Crippen LogP contribution in [0.5, 0.6) is 11.5 Å². The maximum Gasteiger partial charge on any atom is 0.161 e. The Hall–Kier alpha value is -1.71. The highest BCUT2D eigenvalue weighted by Crippen LogP contribution is 2.35. The van der Waals surface area contributed by atoms with Crippen LogP contribution in [0, 0.1) is 5.92 Å². The molecule has 3 nitrogen and oxygen atoms in total. The maximum atomic E-state index is 6.23. The second-order valence-electron chi connectivity index (χ2n) is 5.40. The molecule has 1 heterocycles. The van der Waals surface area contributed by atoms with Gasteiger partial charge in [0.2, 0.25) is 0 Å². The number of rotatable bonds is 2. The van der Waals surface area contributed by atoms with Crippen molar-refractivity contribution in [1.29, 1.82) is 0 Å². The zero-order chi connectivity index (χ0) is 14.8. The van der Waals surface area contributed by atoms with E-state index >= 15 is 0 Å². The lowest BCUT2D eigenvalue weighted by Gasteiger charge is -2.10. The highest BCUT2D eigenvalue weighted by Gasteiger charge is 2.15. The molecule has 0 saturated carbocycles. The summed E-state index contributed by atoms with van der Waals surface area (Å²) < 4.78 is 11.6. The Bertz CT molecular complexity index is 657. The van der Waals surface area contributed by atoms with Gasteiger partial charge in [-0.15, -0.1) is 0 Å². The molecule has 0 saturated heterocycles. The van der Waals surface area contributed by atoms with Crippen LogP contribution in [0.3, 0.4) is 0 Å². The third kappa shape index (κ3) is 2.99. The summed E-state index contributed by atoms with van der Waals surface area (Å²) in [5.41, 5.74) is 8.68. The third-order valence-electron chi connectivity index (χ3n) is 3.60. The number of hydrogen-bond donors (Lipinski definition) is 1. The van der Waals surface area contributed by atoms with Gasteiger partial charge in [-0.3, -0.25) is 0 Å². The number of ether oxygens (including phenoxy) is 2. The van der Waals surface area contributed by atoms with E-state index in [1.807, 2.05) is 36.4 Å². The van der Waals surface area contributed by atoms with E-state index in [1.165, 1.54) is 0 Å². The summed E-state index contributed by atoms with van der Waals surface area (Å²) in [6, 6.07) is 11.9. The van der Waals surface area contributed by atoms with Crippen LogP contribution >= 0.6 is 11.6 Å². The lowest BCUT2D eigenvalue weighted by molar-refractivity contribution is 0.228. The molecule has 2 aromatic rings. The van der Waals surface area contributed by atoms with E-state index in [-0.39, 0.29) is 0 Å². The van der Waals surface area contributed by atoms with Crippen LogP contribution in [-0.4, -0.2) is 13.2 Å². The summed E-state index contributed by atoms with van der Waals surface area (Å²) in [5, 5.41) is 0.690. The molecule has 0 radical (unpaired) electrons. The smallest absolute Gasteiger partial charge is 0.161 e. The number of halogens is 1. The van der Waals surface area contributed by atoms with Gasteiger partial charge in [-0.05, 0) is 34.9 Å². The van der Waals surface area contributed by atoms with E-state index in [0.29, 0.717) is 30.7 Å². The van der Waals surface area contributed by atoms with Gasteiger partial charge >= 0.3 is 0 Å². The zero-order valence-electron chi connectivity index (χ0n) is 11.9. The van der Waals surface area contributed by atoms with Crippen LogP contribution in [0.25, 0.3) is 11.1 Å². The average molecular weight is 304 g/mol. The molecule has 3 rings (SSSR count). The van der Waals surface area contributed by atoms with Crippen molar-refractivity contribution in [2.24, 2.45) is 11.7 Å². The number of nitrogens with two attached hydrogens (primary N) is 1. The van der Waals surface area contributed by atoms with Gasteiger partial charge in [0.15, 0.2) is 11.5 Å². The Labute approximate surface area is 129 Å². The normalized spacial score (nSPS) is 17.4. The molecule has 21 heavy (non-hydrogen) atoms. The minimum absolute atomic E-state index is 0.388. The van der Waals surface area contributed by atoms with Crippen LogP contribution in [-0.2, 0) is 6.54 Å². The lowest BCUT2D eigenvalue weighted by atomic mass is 10.0. The van der Waals surface area contributed by atoms with Crippen molar-refractivity contribution >= 4 is 11.6 Å². The molecule has 1 atom stereocenters. The van der Waals surface area contributed by atoms with Crippen LogP contribution in [0.4, 0.5) is 0 Å². The molecule has 0 aromatic heterocycles. The fourth-order valence-electron chi connectivity index (χ4n) is 2.32. The minimum atomic E-state index is 0.388. The molecule has 110 valence electrons. The highest BCUT2D eigenvalue weighted by atomic mass is 35.5. The summed E-state index contributed by atoms with van der Waals surface area (Å²) in [5.74, 6) is 1.97. The first-order chi connectivity index (χ1) is 10.2. The van der Waals surface area contributed by atoms with Gasteiger partial charge in [0, 0.05) is 17.5 Å². The van der Waals surface area contributed by atoms with E-state index in [9.17, 15) is 0 Å². The van der Waals surface area contributed by atoms with Gasteiger partial charge < -0.3 is 15.2 Å². The lowest BCUT2D eigenvalue weighted by Crippen LogP contribution is -2.12. The predicted molar refractivity (Wildman–Crippen MR) is 84.9 cm³/mol. The third-order valence-corrected chi connectivity index (χ3v) is 3.95. The van der Waals surface area contributed by atoms with Gasteiger partial charge in [-0.25, -0.2) is 0 Å². The van der Waals surface area contributed by atoms with Crippen molar-refractivity contribution < 1.29 is 9.47 Å². The molecular weight excluding hydrogens is 286 g/mol. The van der Waals surface area contributed by atoms with E-state index in [4.69, 9.17) is 26.8 Å². The standard InChI is InChI=1S/C17H18ClNO2/c1-11-9-20-16-5-4-13(7-17(16)21-10-11)12-2-3-14(8-19)15(18)6-12/h2-7,11H,8-10,19H2,1H3. The first kappa shape index (κ1) is 14.2. The quantitative estimate of drug-likeness (QED) is 0.916. The molecule has 0 amide bonds. The zero-order valence-corrected chi connectivity index (χ0v) is 12.7. The second-order valence-corrected chi connectivity index (χ2v) is 5.81. The van der Waals surface area contributed by atoms with Crippen LogP contribution < -0.4 is 15.2 Å². The van der Waals surface area contributed by atoms with Crippen molar-refractivity contribution in [3.8, 4) is 22.6 Å². The van der Waals surface area contributed by atoms with Gasteiger partial charge in [0.1, 0.15) is 0 Å². The predicted octanol–water partition coefficient (Wildman–Crippen LogP) is 3.87. The number of hydrogen-bond acceptors (Lipinski definition) is 3. The van der Waals surface area contributed by atoms with Gasteiger partial charge in [-0.1, -0.05) is 36.7 Å². The molecule has 0 aliphatic carbocycles. The topological polar surface area (TPSA) is 44.5 Å². The van der Waals surface area contributed by atoms with E-state index in [1.54, 1.807) is 0 Å². The van der Waals surface area contributed by atoms with Crippen molar-refractivity contribution in [3.05, 3.63) is 47.0 Å². The average Bonchev–Trinajstić information content (AvgIpc) is 2.69. The summed E-state index contributed by atoms with van der Waals surface area (Å²) in [6.45, 7) is 3.91. The Kier molecular flexibility index (Phi) is 4.04. The highest BCUT2D eigenvalue weighted by molar-refractivity contribution is 6.31. The minimum Gasteiger partial charge on any atom is -0.489 e. The van der Waals surface area contributed by atoms with Crippen LogP contribution in [0.1, 0.15) is 12.5 Å². The fraction of sp³-hybridized carbons (Fsp3) is 0.294. The van der Waals surface area contributed by atoms with Crippen molar-refractivity contribution in [1.82, 2.24) is 0 Å². The first-order valence-electron chi connectivity index (χ1n) is 7.06. The van der Waals surface area contributed by atoms with Crippen LogP contribution in [0.15, 0.2) is 36.4 Å². The Morgan fingerprint density at radius 1 is 1.05 bits per heavy atom. The van der Waals surface area contributed by atoms with Crippen molar-refractivity contribution in [2.45, 2.75) is 13.5 Å². The first-order valence-corrected chi connectivity index (χ1v) is 7.43. The van der Waals surface area contributed by atoms with E-state index in [0.717, 1.165) is 28.2 Å². The number of benzene rings is 2. The maximum absolute atomic E-state index is 6.23. The van der Waals surface area contributed by atoms with E-state index in [2.05, 4.69) is 6.92 Å². The molecule has 1 aliphatic rings. The molecular formula is C17H18ClNO2. The summed E-state index contributed by atoms with van der Waals surface area (Å²) >= 11 is 6.23.